The lowest BCUT2D eigenvalue weighted by molar-refractivity contribution is 0.301. The number of anilines is 1. The van der Waals surface area contributed by atoms with Crippen molar-refractivity contribution in [2.24, 2.45) is 0 Å². The highest BCUT2D eigenvalue weighted by Crippen LogP contribution is 2.29. The number of hydrogen-bond donors (Lipinski definition) is 0. The van der Waals surface area contributed by atoms with E-state index in [2.05, 4.69) is 42.3 Å². The van der Waals surface area contributed by atoms with Gasteiger partial charge in [0, 0.05) is 31.4 Å². The third-order valence-electron chi connectivity index (χ3n) is 5.63. The van der Waals surface area contributed by atoms with E-state index in [4.69, 9.17) is 9.15 Å². The van der Waals surface area contributed by atoms with Crippen LogP contribution in [0.5, 0.6) is 5.75 Å². The van der Waals surface area contributed by atoms with Gasteiger partial charge in [-0.2, -0.15) is 0 Å². The van der Waals surface area contributed by atoms with Gasteiger partial charge in [-0.25, -0.2) is 19.6 Å². The highest BCUT2D eigenvalue weighted by molar-refractivity contribution is 5.36. The summed E-state index contributed by atoms with van der Waals surface area (Å²) in [6.45, 7) is 4.23. The number of piperidine rings is 1. The van der Waals surface area contributed by atoms with E-state index in [0.29, 0.717) is 12.5 Å². The van der Waals surface area contributed by atoms with E-state index < -0.39 is 0 Å². The van der Waals surface area contributed by atoms with Gasteiger partial charge in [-0.1, -0.05) is 6.92 Å². The molecule has 5 rings (SSSR count). The molecule has 0 unspecified atom stereocenters. The summed E-state index contributed by atoms with van der Waals surface area (Å²) in [6, 6.07) is 7.55. The fourth-order valence-electron chi connectivity index (χ4n) is 3.73. The number of oxazole rings is 1. The number of benzene rings is 1. The fraction of sp³-hybridized carbons (Fsp3) is 0.364. The second-order valence-corrected chi connectivity index (χ2v) is 7.72. The van der Waals surface area contributed by atoms with Crippen molar-refractivity contribution in [3.05, 3.63) is 66.4 Å². The van der Waals surface area contributed by atoms with Crippen LogP contribution in [0.2, 0.25) is 0 Å². The molecule has 4 aromatic rings. The Morgan fingerprint density at radius 1 is 1.09 bits per heavy atom. The second kappa shape index (κ2) is 9.13. The highest BCUT2D eigenvalue weighted by atomic mass is 16.5. The number of nitrogens with zero attached hydrogens (tertiary/aromatic N) is 8. The van der Waals surface area contributed by atoms with E-state index in [9.17, 15) is 0 Å². The monoisotopic (exact) mass is 432 g/mol. The van der Waals surface area contributed by atoms with Crippen LogP contribution in [0.25, 0.3) is 5.69 Å². The van der Waals surface area contributed by atoms with Gasteiger partial charge in [0.15, 0.2) is 5.89 Å². The summed E-state index contributed by atoms with van der Waals surface area (Å²) in [6.07, 6.45) is 9.92. The van der Waals surface area contributed by atoms with Crippen molar-refractivity contribution in [3.63, 3.8) is 0 Å². The van der Waals surface area contributed by atoms with Crippen molar-refractivity contribution >= 4 is 5.95 Å². The van der Waals surface area contributed by atoms with Gasteiger partial charge in [-0.05, 0) is 59.5 Å². The molecule has 0 aliphatic carbocycles. The number of hydrogen-bond acceptors (Lipinski definition) is 9. The minimum absolute atomic E-state index is 0.297. The summed E-state index contributed by atoms with van der Waals surface area (Å²) >= 11 is 0. The minimum Gasteiger partial charge on any atom is -0.487 e. The van der Waals surface area contributed by atoms with Gasteiger partial charge in [0.25, 0.3) is 0 Å². The molecular weight excluding hydrogens is 408 g/mol. The molecule has 32 heavy (non-hydrogen) atoms. The molecule has 1 aliphatic rings. The van der Waals surface area contributed by atoms with E-state index in [1.165, 1.54) is 0 Å². The summed E-state index contributed by atoms with van der Waals surface area (Å²) in [7, 11) is 0. The van der Waals surface area contributed by atoms with Crippen LogP contribution in [0.1, 0.15) is 42.8 Å². The van der Waals surface area contributed by atoms with Crippen molar-refractivity contribution in [2.45, 2.75) is 38.7 Å². The summed E-state index contributed by atoms with van der Waals surface area (Å²) < 4.78 is 13.2. The molecule has 1 aromatic carbocycles. The molecule has 1 fully saturated rings. The molecule has 164 valence electrons. The van der Waals surface area contributed by atoms with Crippen LogP contribution in [0.4, 0.5) is 5.95 Å². The molecule has 1 saturated heterocycles. The van der Waals surface area contributed by atoms with Crippen LogP contribution in [-0.4, -0.2) is 48.2 Å². The zero-order valence-electron chi connectivity index (χ0n) is 17.8. The van der Waals surface area contributed by atoms with Crippen LogP contribution in [0.15, 0.2) is 53.7 Å². The number of ether oxygens (including phenoxy) is 1. The number of tetrazole rings is 1. The highest BCUT2D eigenvalue weighted by Gasteiger charge is 2.25. The minimum atomic E-state index is 0.297. The van der Waals surface area contributed by atoms with Crippen molar-refractivity contribution < 1.29 is 9.15 Å². The Labute approximate surface area is 185 Å². The summed E-state index contributed by atoms with van der Waals surface area (Å²) in [4.78, 5) is 15.9. The lowest BCUT2D eigenvalue weighted by Gasteiger charge is -2.30. The van der Waals surface area contributed by atoms with Crippen LogP contribution >= 0.6 is 0 Å². The first-order chi connectivity index (χ1) is 15.8. The predicted octanol–water partition coefficient (Wildman–Crippen LogP) is 2.97. The van der Waals surface area contributed by atoms with Gasteiger partial charge in [-0.3, -0.25) is 0 Å². The normalized spacial score (nSPS) is 14.6. The van der Waals surface area contributed by atoms with Crippen LogP contribution in [0, 0.1) is 0 Å². The molecule has 0 spiro atoms. The molecule has 4 heterocycles. The summed E-state index contributed by atoms with van der Waals surface area (Å²) in [5.74, 6) is 2.62. The fourth-order valence-corrected chi connectivity index (χ4v) is 3.73. The van der Waals surface area contributed by atoms with Crippen molar-refractivity contribution in [1.29, 1.82) is 0 Å². The first-order valence-electron chi connectivity index (χ1n) is 10.7. The van der Waals surface area contributed by atoms with E-state index in [-0.39, 0.29) is 0 Å². The third kappa shape index (κ3) is 4.43. The summed E-state index contributed by atoms with van der Waals surface area (Å²) in [5, 5.41) is 11.1. The Balaban J connectivity index is 1.13. The standard InChI is InChI=1S/C22H24N8O2/c1-2-16-11-23-22(24-12-16)29-9-7-17(8-10-29)21-26-18(14-32-21)13-31-20-5-3-19(4-6-20)30-15-25-27-28-30/h3-6,11-12,14-15,17H,2,7-10,13H2,1H3. The molecule has 10 nitrogen and oxygen atoms in total. The Bertz CT molecular complexity index is 1120. The van der Waals surface area contributed by atoms with E-state index in [1.807, 2.05) is 36.7 Å². The lowest BCUT2D eigenvalue weighted by atomic mass is 9.97. The van der Waals surface area contributed by atoms with Crippen molar-refractivity contribution in [3.8, 4) is 11.4 Å². The second-order valence-electron chi connectivity index (χ2n) is 7.72. The molecule has 0 radical (unpaired) electrons. The maximum absolute atomic E-state index is 5.85. The molecule has 0 bridgehead atoms. The molecule has 0 atom stereocenters. The number of aryl methyl sites for hydroxylation is 1. The number of rotatable bonds is 7. The smallest absolute Gasteiger partial charge is 0.225 e. The molecule has 0 N–H and O–H groups in total. The predicted molar refractivity (Wildman–Crippen MR) is 116 cm³/mol. The Hall–Kier alpha value is -3.82. The molecular formula is C22H24N8O2. The van der Waals surface area contributed by atoms with Crippen LogP contribution < -0.4 is 9.64 Å². The quantitative estimate of drug-likeness (QED) is 0.435. The molecule has 1 aliphatic heterocycles. The van der Waals surface area contributed by atoms with Crippen molar-refractivity contribution in [2.75, 3.05) is 18.0 Å². The van der Waals surface area contributed by atoms with Crippen molar-refractivity contribution in [1.82, 2.24) is 35.2 Å². The zero-order chi connectivity index (χ0) is 21.8. The molecule has 0 amide bonds. The van der Waals surface area contributed by atoms with Crippen LogP contribution in [-0.2, 0) is 13.0 Å². The van der Waals surface area contributed by atoms with Gasteiger partial charge in [0.05, 0.1) is 5.69 Å². The van der Waals surface area contributed by atoms with Crippen LogP contribution in [0.3, 0.4) is 0 Å². The van der Waals surface area contributed by atoms with Gasteiger partial charge in [-0.15, -0.1) is 5.10 Å². The lowest BCUT2D eigenvalue weighted by Crippen LogP contribution is -2.34. The SMILES string of the molecule is CCc1cnc(N2CCC(c3nc(COc4ccc(-n5cnnn5)cc4)co3)CC2)nc1. The van der Waals surface area contributed by atoms with E-state index in [1.54, 1.807) is 17.3 Å². The topological polar surface area (TPSA) is 108 Å². The van der Waals surface area contributed by atoms with E-state index >= 15 is 0 Å². The maximum Gasteiger partial charge on any atom is 0.225 e. The molecule has 0 saturated carbocycles. The zero-order valence-corrected chi connectivity index (χ0v) is 17.8. The first kappa shape index (κ1) is 20.1. The molecule has 10 heteroatoms. The van der Waals surface area contributed by atoms with E-state index in [0.717, 1.165) is 66.9 Å². The Morgan fingerprint density at radius 2 is 1.88 bits per heavy atom. The number of aromatic nitrogens is 7. The average molecular weight is 432 g/mol. The maximum atomic E-state index is 5.85. The Morgan fingerprint density at radius 3 is 2.56 bits per heavy atom. The Kier molecular flexibility index (Phi) is 5.73. The first-order valence-corrected chi connectivity index (χ1v) is 10.7. The van der Waals surface area contributed by atoms with Gasteiger partial charge in [0.1, 0.15) is 30.6 Å². The van der Waals surface area contributed by atoms with Gasteiger partial charge >= 0.3 is 0 Å². The van der Waals surface area contributed by atoms with Gasteiger partial charge in [0.2, 0.25) is 5.95 Å². The molecule has 3 aromatic heterocycles. The van der Waals surface area contributed by atoms with Gasteiger partial charge < -0.3 is 14.1 Å². The largest absolute Gasteiger partial charge is 0.487 e. The average Bonchev–Trinajstić information content (AvgIpc) is 3.56. The summed E-state index contributed by atoms with van der Waals surface area (Å²) in [5.41, 5.74) is 2.80. The third-order valence-corrected chi connectivity index (χ3v) is 5.63.